The van der Waals surface area contributed by atoms with Crippen LogP contribution in [-0.2, 0) is 0 Å². The molecule has 0 amide bonds. The van der Waals surface area contributed by atoms with Crippen LogP contribution >= 0.6 is 0 Å². The van der Waals surface area contributed by atoms with E-state index in [4.69, 9.17) is 5.73 Å². The number of fused-ring (bicyclic) bond motifs is 2. The summed E-state index contributed by atoms with van der Waals surface area (Å²) in [5, 5.41) is 1.21. The highest BCUT2D eigenvalue weighted by Gasteiger charge is 2.55. The van der Waals surface area contributed by atoms with Crippen molar-refractivity contribution in [3.63, 3.8) is 0 Å². The van der Waals surface area contributed by atoms with E-state index >= 15 is 0 Å². The van der Waals surface area contributed by atoms with Crippen LogP contribution < -0.4 is 5.73 Å². The van der Waals surface area contributed by atoms with Gasteiger partial charge in [0.15, 0.2) is 0 Å². The highest BCUT2D eigenvalue weighted by Crippen LogP contribution is 2.61. The zero-order valence-corrected chi connectivity index (χ0v) is 11.3. The molecule has 2 N–H and O–H groups in total. The van der Waals surface area contributed by atoms with Crippen LogP contribution in [0, 0.1) is 24.7 Å². The largest absolute Gasteiger partial charge is 0.324 e. The topological polar surface area (TPSA) is 38.9 Å². The first-order chi connectivity index (χ1) is 9.24. The second-order valence-electron chi connectivity index (χ2n) is 6.27. The smallest absolute Gasteiger partial charge is 0.0705 e. The lowest BCUT2D eigenvalue weighted by Gasteiger charge is -2.15. The molecule has 2 nitrogen and oxygen atoms in total. The SMILES string of the molecule is Cc1ccc2cc(C(N)C3C4CCCC43)ccc2n1. The van der Waals surface area contributed by atoms with Crippen LogP contribution in [-0.4, -0.2) is 4.98 Å². The van der Waals surface area contributed by atoms with E-state index in [2.05, 4.69) is 35.3 Å². The highest BCUT2D eigenvalue weighted by atomic mass is 14.8. The van der Waals surface area contributed by atoms with Crippen LogP contribution in [0.15, 0.2) is 30.3 Å². The van der Waals surface area contributed by atoms with Gasteiger partial charge in [0.25, 0.3) is 0 Å². The molecule has 19 heavy (non-hydrogen) atoms. The molecule has 3 unspecified atom stereocenters. The molecular weight excluding hydrogens is 232 g/mol. The van der Waals surface area contributed by atoms with Crippen LogP contribution in [0.5, 0.6) is 0 Å². The summed E-state index contributed by atoms with van der Waals surface area (Å²) >= 11 is 0. The van der Waals surface area contributed by atoms with Gasteiger partial charge in [0.05, 0.1) is 5.52 Å². The molecule has 2 aliphatic rings. The fraction of sp³-hybridized carbons (Fsp3) is 0.471. The zero-order chi connectivity index (χ0) is 13.0. The standard InChI is InChI=1S/C17H20N2/c1-10-5-6-11-9-12(7-8-15(11)19-10)17(18)16-13-3-2-4-14(13)16/h5-9,13-14,16-17H,2-4,18H2,1H3. The van der Waals surface area contributed by atoms with Crippen molar-refractivity contribution in [1.82, 2.24) is 4.98 Å². The quantitative estimate of drug-likeness (QED) is 0.887. The Balaban J connectivity index is 1.66. The van der Waals surface area contributed by atoms with Crippen LogP contribution in [0.3, 0.4) is 0 Å². The third kappa shape index (κ3) is 1.78. The molecule has 4 rings (SSSR count). The van der Waals surface area contributed by atoms with E-state index in [0.717, 1.165) is 29.0 Å². The van der Waals surface area contributed by atoms with Crippen molar-refractivity contribution in [3.05, 3.63) is 41.6 Å². The first-order valence-corrected chi connectivity index (χ1v) is 7.37. The maximum atomic E-state index is 6.49. The molecule has 3 atom stereocenters. The van der Waals surface area contributed by atoms with Gasteiger partial charge < -0.3 is 5.73 Å². The molecule has 1 heterocycles. The number of aromatic nitrogens is 1. The van der Waals surface area contributed by atoms with E-state index in [9.17, 15) is 0 Å². The van der Waals surface area contributed by atoms with Gasteiger partial charge in [-0.05, 0) is 61.3 Å². The first kappa shape index (κ1) is 11.4. The average molecular weight is 252 g/mol. The van der Waals surface area contributed by atoms with Crippen LogP contribution in [0.25, 0.3) is 10.9 Å². The lowest BCUT2D eigenvalue weighted by atomic mass is 9.96. The van der Waals surface area contributed by atoms with Gasteiger partial charge in [0.2, 0.25) is 0 Å². The normalized spacial score (nSPS) is 30.3. The van der Waals surface area contributed by atoms with Crippen LogP contribution in [0.4, 0.5) is 0 Å². The molecule has 98 valence electrons. The molecule has 0 aliphatic heterocycles. The summed E-state index contributed by atoms with van der Waals surface area (Å²) in [7, 11) is 0. The second-order valence-corrected chi connectivity index (χ2v) is 6.27. The maximum absolute atomic E-state index is 6.49. The maximum Gasteiger partial charge on any atom is 0.0705 e. The molecule has 2 saturated carbocycles. The summed E-state index contributed by atoms with van der Waals surface area (Å²) in [6.07, 6.45) is 4.22. The first-order valence-electron chi connectivity index (χ1n) is 7.37. The van der Waals surface area contributed by atoms with Gasteiger partial charge in [0, 0.05) is 17.1 Å². The predicted molar refractivity (Wildman–Crippen MR) is 77.7 cm³/mol. The van der Waals surface area contributed by atoms with E-state index < -0.39 is 0 Å². The molecule has 0 radical (unpaired) electrons. The Morgan fingerprint density at radius 2 is 1.95 bits per heavy atom. The van der Waals surface area contributed by atoms with Crippen molar-refractivity contribution < 1.29 is 0 Å². The molecule has 1 aromatic carbocycles. The average Bonchev–Trinajstić information content (AvgIpc) is 2.89. The number of pyridine rings is 1. The number of benzene rings is 1. The highest BCUT2D eigenvalue weighted by molar-refractivity contribution is 5.79. The molecule has 1 aromatic heterocycles. The van der Waals surface area contributed by atoms with Crippen molar-refractivity contribution in [3.8, 4) is 0 Å². The summed E-state index contributed by atoms with van der Waals surface area (Å²) in [4.78, 5) is 4.55. The van der Waals surface area contributed by atoms with Gasteiger partial charge in [0.1, 0.15) is 0 Å². The Bertz CT molecular complexity index is 624. The van der Waals surface area contributed by atoms with Gasteiger partial charge in [-0.15, -0.1) is 0 Å². The fourth-order valence-corrected chi connectivity index (χ4v) is 4.09. The fourth-order valence-electron chi connectivity index (χ4n) is 4.09. The third-order valence-corrected chi connectivity index (χ3v) is 5.12. The van der Waals surface area contributed by atoms with E-state index in [-0.39, 0.29) is 6.04 Å². The van der Waals surface area contributed by atoms with Crippen molar-refractivity contribution in [2.45, 2.75) is 32.2 Å². The Morgan fingerprint density at radius 1 is 1.16 bits per heavy atom. The number of hydrogen-bond acceptors (Lipinski definition) is 2. The van der Waals surface area contributed by atoms with Crippen molar-refractivity contribution in [1.29, 1.82) is 0 Å². The van der Waals surface area contributed by atoms with E-state index in [1.54, 1.807) is 0 Å². The van der Waals surface area contributed by atoms with Crippen molar-refractivity contribution in [2.75, 3.05) is 0 Å². The lowest BCUT2D eigenvalue weighted by Crippen LogP contribution is -2.15. The predicted octanol–water partition coefficient (Wildman–Crippen LogP) is 3.59. The number of hydrogen-bond donors (Lipinski definition) is 1. The van der Waals surface area contributed by atoms with Gasteiger partial charge >= 0.3 is 0 Å². The van der Waals surface area contributed by atoms with Crippen LogP contribution in [0.2, 0.25) is 0 Å². The Kier molecular flexibility index (Phi) is 2.43. The van der Waals surface area contributed by atoms with Gasteiger partial charge in [-0.3, -0.25) is 4.98 Å². The molecular formula is C17H20N2. The molecule has 2 heteroatoms. The third-order valence-electron chi connectivity index (χ3n) is 5.12. The molecule has 0 bridgehead atoms. The Hall–Kier alpha value is -1.41. The number of aryl methyl sites for hydroxylation is 1. The second kappa shape index (κ2) is 4.04. The minimum absolute atomic E-state index is 0.223. The Morgan fingerprint density at radius 3 is 2.74 bits per heavy atom. The van der Waals surface area contributed by atoms with Gasteiger partial charge in [-0.25, -0.2) is 0 Å². The van der Waals surface area contributed by atoms with E-state index in [1.165, 1.54) is 30.2 Å². The van der Waals surface area contributed by atoms with E-state index in [0.29, 0.717) is 0 Å². The van der Waals surface area contributed by atoms with Crippen LogP contribution in [0.1, 0.15) is 36.6 Å². The lowest BCUT2D eigenvalue weighted by molar-refractivity contribution is 0.502. The number of rotatable bonds is 2. The number of nitrogens with two attached hydrogens (primary N) is 1. The minimum Gasteiger partial charge on any atom is -0.324 e. The molecule has 2 aromatic rings. The van der Waals surface area contributed by atoms with Crippen molar-refractivity contribution >= 4 is 10.9 Å². The van der Waals surface area contributed by atoms with Gasteiger partial charge in [-0.2, -0.15) is 0 Å². The van der Waals surface area contributed by atoms with E-state index in [1.807, 2.05) is 6.92 Å². The summed E-state index contributed by atoms with van der Waals surface area (Å²) in [6.45, 7) is 2.03. The minimum atomic E-state index is 0.223. The monoisotopic (exact) mass is 252 g/mol. The van der Waals surface area contributed by atoms with Gasteiger partial charge in [-0.1, -0.05) is 18.6 Å². The Labute approximate surface area is 114 Å². The summed E-state index contributed by atoms with van der Waals surface area (Å²) in [5.41, 5.74) is 9.93. The molecule has 0 spiro atoms. The van der Waals surface area contributed by atoms with Crippen molar-refractivity contribution in [2.24, 2.45) is 23.5 Å². The summed E-state index contributed by atoms with van der Waals surface area (Å²) < 4.78 is 0. The number of nitrogens with zero attached hydrogens (tertiary/aromatic N) is 1. The molecule has 2 fully saturated rings. The molecule has 2 aliphatic carbocycles. The summed E-state index contributed by atoms with van der Waals surface area (Å²) in [6, 6.07) is 11.0. The summed E-state index contributed by atoms with van der Waals surface area (Å²) in [5.74, 6) is 2.58. The zero-order valence-electron chi connectivity index (χ0n) is 11.3. The molecule has 0 saturated heterocycles.